The number of rotatable bonds is 7. The lowest BCUT2D eigenvalue weighted by molar-refractivity contribution is -0.384. The molecule has 1 atom stereocenters. The Morgan fingerprint density at radius 3 is 2.57 bits per heavy atom. The van der Waals surface area contributed by atoms with Gasteiger partial charge in [-0.05, 0) is 37.1 Å². The van der Waals surface area contributed by atoms with Gasteiger partial charge in [-0.2, -0.15) is 0 Å². The van der Waals surface area contributed by atoms with Crippen molar-refractivity contribution in [1.29, 1.82) is 0 Å². The van der Waals surface area contributed by atoms with Gasteiger partial charge in [-0.3, -0.25) is 14.9 Å². The first-order chi connectivity index (χ1) is 9.84. The van der Waals surface area contributed by atoms with Gasteiger partial charge in [0.2, 0.25) is 5.91 Å². The van der Waals surface area contributed by atoms with Crippen molar-refractivity contribution in [3.05, 3.63) is 46.0 Å². The van der Waals surface area contributed by atoms with E-state index in [0.717, 1.165) is 6.42 Å². The normalized spacial score (nSPS) is 13.9. The number of hydrogen-bond acceptors (Lipinski definition) is 4. The lowest BCUT2D eigenvalue weighted by Gasteiger charge is -2.22. The summed E-state index contributed by atoms with van der Waals surface area (Å²) in [5.41, 5.74) is -0.214. The zero-order chi connectivity index (χ0) is 15.9. The highest BCUT2D eigenvalue weighted by atomic mass is 16.6. The molecule has 0 heterocycles. The van der Waals surface area contributed by atoms with Crippen molar-refractivity contribution in [1.82, 2.24) is 5.32 Å². The summed E-state index contributed by atoms with van der Waals surface area (Å²) in [5, 5.41) is 23.1. The molecular weight excluding hydrogens is 272 g/mol. The van der Waals surface area contributed by atoms with E-state index in [4.69, 9.17) is 0 Å². The molecule has 0 fully saturated rings. The summed E-state index contributed by atoms with van der Waals surface area (Å²) < 4.78 is 0. The van der Waals surface area contributed by atoms with Crippen LogP contribution in [0.3, 0.4) is 0 Å². The third kappa shape index (κ3) is 6.18. The fraction of sp³-hybridized carbons (Fsp3) is 0.400. The van der Waals surface area contributed by atoms with Crippen LogP contribution in [0, 0.1) is 10.1 Å². The first-order valence-corrected chi connectivity index (χ1v) is 6.77. The van der Waals surface area contributed by atoms with Gasteiger partial charge in [0.05, 0.1) is 10.5 Å². The topological polar surface area (TPSA) is 92.5 Å². The number of aliphatic hydroxyl groups is 1. The quantitative estimate of drug-likeness (QED) is 0.458. The number of carbonyl (C=O) groups is 1. The zero-order valence-corrected chi connectivity index (χ0v) is 12.2. The molecule has 0 aromatic heterocycles. The van der Waals surface area contributed by atoms with Crippen molar-refractivity contribution < 1.29 is 14.8 Å². The summed E-state index contributed by atoms with van der Waals surface area (Å²) in [7, 11) is 0. The van der Waals surface area contributed by atoms with E-state index >= 15 is 0 Å². The first kappa shape index (κ1) is 16.8. The number of benzene rings is 1. The second-order valence-electron chi connectivity index (χ2n) is 5.15. The SMILES string of the molecule is CCCC(C)(O)CNC(=O)/C=C/c1ccc([N+](=O)[O-])cc1. The van der Waals surface area contributed by atoms with Crippen molar-refractivity contribution in [3.63, 3.8) is 0 Å². The third-order valence-corrected chi connectivity index (χ3v) is 2.96. The van der Waals surface area contributed by atoms with Gasteiger partial charge in [0.1, 0.15) is 0 Å². The minimum Gasteiger partial charge on any atom is -0.388 e. The Morgan fingerprint density at radius 1 is 1.43 bits per heavy atom. The second kappa shape index (κ2) is 7.54. The Hall–Kier alpha value is -2.21. The maximum atomic E-state index is 11.6. The highest BCUT2D eigenvalue weighted by molar-refractivity contribution is 5.91. The summed E-state index contributed by atoms with van der Waals surface area (Å²) in [6.45, 7) is 3.83. The van der Waals surface area contributed by atoms with Gasteiger partial charge >= 0.3 is 0 Å². The number of nitro benzene ring substituents is 1. The standard InChI is InChI=1S/C15H20N2O4/c1-3-10-15(2,19)11-16-14(18)9-6-12-4-7-13(8-5-12)17(20)21/h4-9,19H,3,10-11H2,1-2H3,(H,16,18)/b9-6+. The summed E-state index contributed by atoms with van der Waals surface area (Å²) in [5.74, 6) is -0.315. The van der Waals surface area contributed by atoms with Gasteiger partial charge in [0.15, 0.2) is 0 Å². The van der Waals surface area contributed by atoms with Crippen LogP contribution in [0.4, 0.5) is 5.69 Å². The lowest BCUT2D eigenvalue weighted by atomic mass is 10.0. The molecule has 1 amide bonds. The van der Waals surface area contributed by atoms with Crippen LogP contribution in [0.1, 0.15) is 32.3 Å². The molecule has 21 heavy (non-hydrogen) atoms. The van der Waals surface area contributed by atoms with Crippen LogP contribution in [-0.2, 0) is 4.79 Å². The average molecular weight is 292 g/mol. The van der Waals surface area contributed by atoms with Crippen molar-refractivity contribution in [3.8, 4) is 0 Å². The number of hydrogen-bond donors (Lipinski definition) is 2. The average Bonchev–Trinajstić information content (AvgIpc) is 2.43. The number of nitrogens with one attached hydrogen (secondary N) is 1. The van der Waals surface area contributed by atoms with Crippen LogP contribution in [0.5, 0.6) is 0 Å². The van der Waals surface area contributed by atoms with E-state index in [1.807, 2.05) is 6.92 Å². The van der Waals surface area contributed by atoms with Gasteiger partial charge in [0, 0.05) is 24.8 Å². The van der Waals surface area contributed by atoms with E-state index in [0.29, 0.717) is 12.0 Å². The van der Waals surface area contributed by atoms with Crippen LogP contribution in [0.2, 0.25) is 0 Å². The maximum Gasteiger partial charge on any atom is 0.269 e. The van der Waals surface area contributed by atoms with Gasteiger partial charge in [-0.15, -0.1) is 0 Å². The van der Waals surface area contributed by atoms with Gasteiger partial charge in [-0.25, -0.2) is 0 Å². The van der Waals surface area contributed by atoms with Crippen LogP contribution >= 0.6 is 0 Å². The Labute approximate surface area is 123 Å². The van der Waals surface area contributed by atoms with E-state index < -0.39 is 10.5 Å². The van der Waals surface area contributed by atoms with Gasteiger partial charge < -0.3 is 10.4 Å². The molecule has 0 radical (unpaired) electrons. The van der Waals surface area contributed by atoms with Crippen molar-refractivity contribution in [2.24, 2.45) is 0 Å². The van der Waals surface area contributed by atoms with Crippen LogP contribution in [0.25, 0.3) is 6.08 Å². The smallest absolute Gasteiger partial charge is 0.269 e. The summed E-state index contributed by atoms with van der Waals surface area (Å²) in [6, 6.07) is 5.89. The highest BCUT2D eigenvalue weighted by Gasteiger charge is 2.19. The molecular formula is C15H20N2O4. The molecule has 0 saturated carbocycles. The zero-order valence-electron chi connectivity index (χ0n) is 12.2. The van der Waals surface area contributed by atoms with E-state index in [1.165, 1.54) is 18.2 Å². The van der Waals surface area contributed by atoms with Crippen LogP contribution < -0.4 is 5.32 Å². The van der Waals surface area contributed by atoms with E-state index in [1.54, 1.807) is 25.1 Å². The molecule has 0 saturated heterocycles. The van der Waals surface area contributed by atoms with Gasteiger partial charge in [0.25, 0.3) is 5.69 Å². The molecule has 0 spiro atoms. The molecule has 0 aliphatic rings. The molecule has 1 rings (SSSR count). The highest BCUT2D eigenvalue weighted by Crippen LogP contribution is 2.13. The minimum atomic E-state index is -0.911. The molecule has 0 aliphatic heterocycles. The number of nitro groups is 1. The Balaban J connectivity index is 2.52. The summed E-state index contributed by atoms with van der Waals surface area (Å²) in [6.07, 6.45) is 4.34. The molecule has 2 N–H and O–H groups in total. The molecule has 114 valence electrons. The number of carbonyl (C=O) groups excluding carboxylic acids is 1. The Morgan fingerprint density at radius 2 is 2.05 bits per heavy atom. The molecule has 6 nitrogen and oxygen atoms in total. The molecule has 1 aromatic rings. The molecule has 6 heteroatoms. The predicted octanol–water partition coefficient (Wildman–Crippen LogP) is 2.28. The Kier molecular flexibility index (Phi) is 6.05. The van der Waals surface area contributed by atoms with Crippen molar-refractivity contribution >= 4 is 17.7 Å². The minimum absolute atomic E-state index is 0.00668. The molecule has 1 aromatic carbocycles. The van der Waals surface area contributed by atoms with Gasteiger partial charge in [-0.1, -0.05) is 13.3 Å². The monoisotopic (exact) mass is 292 g/mol. The van der Waals surface area contributed by atoms with E-state index in [9.17, 15) is 20.0 Å². The number of nitrogens with zero attached hydrogens (tertiary/aromatic N) is 1. The number of non-ortho nitro benzene ring substituents is 1. The van der Waals surface area contributed by atoms with Crippen molar-refractivity contribution in [2.75, 3.05) is 6.54 Å². The second-order valence-corrected chi connectivity index (χ2v) is 5.15. The first-order valence-electron chi connectivity index (χ1n) is 6.77. The van der Waals surface area contributed by atoms with E-state index in [-0.39, 0.29) is 18.1 Å². The fourth-order valence-corrected chi connectivity index (χ4v) is 1.84. The number of amides is 1. The Bertz CT molecular complexity index is 521. The summed E-state index contributed by atoms with van der Waals surface area (Å²) in [4.78, 5) is 21.7. The van der Waals surface area contributed by atoms with Crippen LogP contribution in [-0.4, -0.2) is 28.1 Å². The fourth-order valence-electron chi connectivity index (χ4n) is 1.84. The molecule has 0 bridgehead atoms. The third-order valence-electron chi connectivity index (χ3n) is 2.96. The lowest BCUT2D eigenvalue weighted by Crippen LogP contribution is -2.39. The van der Waals surface area contributed by atoms with Crippen molar-refractivity contribution in [2.45, 2.75) is 32.3 Å². The maximum absolute atomic E-state index is 11.6. The molecule has 0 aliphatic carbocycles. The largest absolute Gasteiger partial charge is 0.388 e. The van der Waals surface area contributed by atoms with E-state index in [2.05, 4.69) is 5.32 Å². The summed E-state index contributed by atoms with van der Waals surface area (Å²) >= 11 is 0. The van der Waals surface area contributed by atoms with Crippen LogP contribution in [0.15, 0.2) is 30.3 Å². The predicted molar refractivity (Wildman–Crippen MR) is 80.7 cm³/mol. The molecule has 1 unspecified atom stereocenters.